The molecule has 0 amide bonds. The fourth-order valence-electron chi connectivity index (χ4n) is 1.72. The summed E-state index contributed by atoms with van der Waals surface area (Å²) < 4.78 is 15.5. The van der Waals surface area contributed by atoms with Gasteiger partial charge in [-0.1, -0.05) is 0 Å². The Kier molecular flexibility index (Phi) is 3.71. The third-order valence-corrected chi connectivity index (χ3v) is 2.69. The summed E-state index contributed by atoms with van der Waals surface area (Å²) in [4.78, 5) is 2.07. The number of benzene rings is 1. The highest BCUT2D eigenvalue weighted by molar-refractivity contribution is 5.51. The van der Waals surface area contributed by atoms with Crippen LogP contribution in [-0.2, 0) is 11.3 Å². The minimum absolute atomic E-state index is 0.220. The highest BCUT2D eigenvalue weighted by Gasteiger charge is 2.17. The van der Waals surface area contributed by atoms with Crippen LogP contribution in [0.1, 0.15) is 5.56 Å². The summed E-state index contributed by atoms with van der Waals surface area (Å²) >= 11 is 0. The van der Waals surface area contributed by atoms with E-state index >= 15 is 0 Å². The van der Waals surface area contributed by atoms with Gasteiger partial charge in [0.1, 0.15) is 5.75 Å². The van der Waals surface area contributed by atoms with Crippen LogP contribution in [0.2, 0.25) is 0 Å². The summed E-state index contributed by atoms with van der Waals surface area (Å²) in [5, 5.41) is 9.86. The Labute approximate surface area is 101 Å². The minimum Gasteiger partial charge on any atom is -0.507 e. The number of aromatic hydroxyl groups is 1. The number of ether oxygens (including phenoxy) is 3. The van der Waals surface area contributed by atoms with Crippen LogP contribution in [0.5, 0.6) is 17.2 Å². The molecule has 0 atom stereocenters. The van der Waals surface area contributed by atoms with Gasteiger partial charge in [-0.3, -0.25) is 4.90 Å². The molecule has 1 aliphatic heterocycles. The van der Waals surface area contributed by atoms with Gasteiger partial charge in [0.15, 0.2) is 11.5 Å². The van der Waals surface area contributed by atoms with Gasteiger partial charge in [0, 0.05) is 31.8 Å². The van der Waals surface area contributed by atoms with Gasteiger partial charge in [-0.25, -0.2) is 0 Å². The van der Waals surface area contributed by atoms with E-state index in [1.807, 2.05) is 13.1 Å². The number of fused-ring (bicyclic) bond motifs is 1. The average Bonchev–Trinajstić information content (AvgIpc) is 2.74. The summed E-state index contributed by atoms with van der Waals surface area (Å²) in [7, 11) is 3.65. The molecule has 2 rings (SSSR count). The Morgan fingerprint density at radius 3 is 2.76 bits per heavy atom. The fraction of sp³-hybridized carbons (Fsp3) is 0.500. The van der Waals surface area contributed by atoms with Gasteiger partial charge in [0.25, 0.3) is 0 Å². The molecule has 0 unspecified atom stereocenters. The third-order valence-electron chi connectivity index (χ3n) is 2.69. The van der Waals surface area contributed by atoms with E-state index in [9.17, 15) is 5.11 Å². The highest BCUT2D eigenvalue weighted by atomic mass is 16.7. The van der Waals surface area contributed by atoms with Crippen LogP contribution in [0, 0.1) is 0 Å². The van der Waals surface area contributed by atoms with Crippen LogP contribution >= 0.6 is 0 Å². The first kappa shape index (κ1) is 12.0. The summed E-state index contributed by atoms with van der Waals surface area (Å²) in [5.41, 5.74) is 0.827. The van der Waals surface area contributed by atoms with Crippen LogP contribution in [0.15, 0.2) is 12.1 Å². The van der Waals surface area contributed by atoms with E-state index in [0.29, 0.717) is 24.7 Å². The largest absolute Gasteiger partial charge is 0.507 e. The molecule has 0 fully saturated rings. The smallest absolute Gasteiger partial charge is 0.231 e. The maximum atomic E-state index is 9.86. The topological polar surface area (TPSA) is 51.2 Å². The third kappa shape index (κ3) is 2.81. The fourth-order valence-corrected chi connectivity index (χ4v) is 1.72. The van der Waals surface area contributed by atoms with Crippen molar-refractivity contribution in [3.8, 4) is 17.2 Å². The molecule has 0 radical (unpaired) electrons. The Bertz CT molecular complexity index is 394. The molecule has 0 saturated heterocycles. The Hall–Kier alpha value is -1.46. The maximum absolute atomic E-state index is 9.86. The Morgan fingerprint density at radius 1 is 1.35 bits per heavy atom. The van der Waals surface area contributed by atoms with Crippen molar-refractivity contribution in [1.29, 1.82) is 0 Å². The molecule has 1 heterocycles. The van der Waals surface area contributed by atoms with Gasteiger partial charge in [0.2, 0.25) is 6.79 Å². The zero-order valence-corrected chi connectivity index (χ0v) is 10.1. The van der Waals surface area contributed by atoms with Crippen molar-refractivity contribution in [2.24, 2.45) is 0 Å². The maximum Gasteiger partial charge on any atom is 0.231 e. The molecule has 0 aliphatic carbocycles. The predicted octanol–water partition coefficient (Wildman–Crippen LogP) is 1.20. The molecular formula is C12H17NO4. The molecular weight excluding hydrogens is 222 g/mol. The molecule has 5 heteroatoms. The summed E-state index contributed by atoms with van der Waals surface area (Å²) in [6.07, 6.45) is 0. The van der Waals surface area contributed by atoms with Crippen LogP contribution < -0.4 is 9.47 Å². The standard InChI is InChI=1S/C12H17NO4/c1-13(3-4-15-2)7-9-5-11-12(6-10(9)14)17-8-16-11/h5-6,14H,3-4,7-8H2,1-2H3. The lowest BCUT2D eigenvalue weighted by atomic mass is 10.1. The highest BCUT2D eigenvalue weighted by Crippen LogP contribution is 2.37. The molecule has 1 aromatic rings. The predicted molar refractivity (Wildman–Crippen MR) is 62.4 cm³/mol. The van der Waals surface area contributed by atoms with E-state index in [2.05, 4.69) is 4.90 Å². The van der Waals surface area contributed by atoms with Crippen molar-refractivity contribution < 1.29 is 19.3 Å². The molecule has 0 aromatic heterocycles. The summed E-state index contributed by atoms with van der Waals surface area (Å²) in [5.74, 6) is 1.53. The van der Waals surface area contributed by atoms with Gasteiger partial charge >= 0.3 is 0 Å². The quantitative estimate of drug-likeness (QED) is 0.836. The van der Waals surface area contributed by atoms with Crippen molar-refractivity contribution in [2.75, 3.05) is 34.1 Å². The first-order chi connectivity index (χ1) is 8.20. The van der Waals surface area contributed by atoms with Crippen molar-refractivity contribution >= 4 is 0 Å². The molecule has 0 spiro atoms. The number of hydrogen-bond acceptors (Lipinski definition) is 5. The van der Waals surface area contributed by atoms with Gasteiger partial charge < -0.3 is 19.3 Å². The molecule has 17 heavy (non-hydrogen) atoms. The number of rotatable bonds is 5. The second-order valence-electron chi connectivity index (χ2n) is 4.06. The van der Waals surface area contributed by atoms with Gasteiger partial charge in [-0.2, -0.15) is 0 Å². The second-order valence-corrected chi connectivity index (χ2v) is 4.06. The summed E-state index contributed by atoms with van der Waals surface area (Å²) in [6, 6.07) is 3.42. The summed E-state index contributed by atoms with van der Waals surface area (Å²) in [6.45, 7) is 2.34. The van der Waals surface area contributed by atoms with Gasteiger partial charge in [-0.05, 0) is 13.1 Å². The van der Waals surface area contributed by atoms with E-state index in [4.69, 9.17) is 14.2 Å². The van der Waals surface area contributed by atoms with E-state index < -0.39 is 0 Å². The van der Waals surface area contributed by atoms with Crippen molar-refractivity contribution in [3.63, 3.8) is 0 Å². The molecule has 1 aromatic carbocycles. The van der Waals surface area contributed by atoms with Crippen LogP contribution in [0.25, 0.3) is 0 Å². The lowest BCUT2D eigenvalue weighted by Crippen LogP contribution is -2.22. The van der Waals surface area contributed by atoms with E-state index in [-0.39, 0.29) is 12.5 Å². The number of phenolic OH excluding ortho intramolecular Hbond substituents is 1. The molecule has 0 saturated carbocycles. The first-order valence-corrected chi connectivity index (χ1v) is 5.49. The van der Waals surface area contributed by atoms with Crippen LogP contribution in [-0.4, -0.2) is 44.1 Å². The number of nitrogens with zero attached hydrogens (tertiary/aromatic N) is 1. The van der Waals surface area contributed by atoms with E-state index in [1.165, 1.54) is 0 Å². The monoisotopic (exact) mass is 239 g/mol. The van der Waals surface area contributed by atoms with Crippen molar-refractivity contribution in [1.82, 2.24) is 4.90 Å². The van der Waals surface area contributed by atoms with Gasteiger partial charge in [-0.15, -0.1) is 0 Å². The molecule has 0 bridgehead atoms. The van der Waals surface area contributed by atoms with Gasteiger partial charge in [0.05, 0.1) is 6.61 Å². The number of likely N-dealkylation sites (N-methyl/N-ethyl adjacent to an activating group) is 1. The average molecular weight is 239 g/mol. The zero-order valence-electron chi connectivity index (χ0n) is 10.1. The second kappa shape index (κ2) is 5.25. The zero-order chi connectivity index (χ0) is 12.3. The lowest BCUT2D eigenvalue weighted by Gasteiger charge is -2.17. The van der Waals surface area contributed by atoms with E-state index in [1.54, 1.807) is 13.2 Å². The number of phenols is 1. The normalized spacial score (nSPS) is 13.4. The van der Waals surface area contributed by atoms with E-state index in [0.717, 1.165) is 12.1 Å². The number of methoxy groups -OCH3 is 1. The van der Waals surface area contributed by atoms with Crippen LogP contribution in [0.3, 0.4) is 0 Å². The lowest BCUT2D eigenvalue weighted by molar-refractivity contribution is 0.158. The molecule has 1 N–H and O–H groups in total. The Morgan fingerprint density at radius 2 is 2.06 bits per heavy atom. The van der Waals surface area contributed by atoms with Crippen molar-refractivity contribution in [3.05, 3.63) is 17.7 Å². The molecule has 1 aliphatic rings. The molecule has 94 valence electrons. The van der Waals surface area contributed by atoms with Crippen molar-refractivity contribution in [2.45, 2.75) is 6.54 Å². The SMILES string of the molecule is COCCN(C)Cc1cc2c(cc1O)OCO2. The minimum atomic E-state index is 0.220. The molecule has 5 nitrogen and oxygen atoms in total. The first-order valence-electron chi connectivity index (χ1n) is 5.49. The van der Waals surface area contributed by atoms with Crippen LogP contribution in [0.4, 0.5) is 0 Å². The number of hydrogen-bond donors (Lipinski definition) is 1. The Balaban J connectivity index is 2.05.